The molecule has 5 heteroatoms. The fourth-order valence-corrected chi connectivity index (χ4v) is 3.64. The zero-order valence-electron chi connectivity index (χ0n) is 23.3. The summed E-state index contributed by atoms with van der Waals surface area (Å²) < 4.78 is 22.8. The Morgan fingerprint density at radius 3 is 2.14 bits per heavy atom. The van der Waals surface area contributed by atoms with Crippen LogP contribution >= 0.6 is 0 Å². The van der Waals surface area contributed by atoms with Gasteiger partial charge in [0, 0.05) is 13.0 Å². The van der Waals surface area contributed by atoms with Crippen molar-refractivity contribution < 1.29 is 8.78 Å². The van der Waals surface area contributed by atoms with Crippen LogP contribution in [0.25, 0.3) is 11.1 Å². The second-order valence-electron chi connectivity index (χ2n) is 9.84. The van der Waals surface area contributed by atoms with Crippen LogP contribution in [0.2, 0.25) is 0 Å². The molecular weight excluding hydrogens is 452 g/mol. The van der Waals surface area contributed by atoms with Gasteiger partial charge >= 0.3 is 0 Å². The molecule has 36 heavy (non-hydrogen) atoms. The maximum atomic E-state index is 11.4. The average Bonchev–Trinajstić information content (AvgIpc) is 3.71. The zero-order chi connectivity index (χ0) is 27.1. The Balaban J connectivity index is 0.000000406. The number of aromatic nitrogens is 1. The molecule has 0 amide bonds. The van der Waals surface area contributed by atoms with E-state index < -0.39 is 13.3 Å². The van der Waals surface area contributed by atoms with Crippen LogP contribution in [0.4, 0.5) is 14.5 Å². The number of allylic oxidation sites excluding steroid dienone is 2. The van der Waals surface area contributed by atoms with Crippen molar-refractivity contribution in [3.8, 4) is 6.07 Å². The van der Waals surface area contributed by atoms with Crippen LogP contribution in [0.5, 0.6) is 0 Å². The first-order valence-electron chi connectivity index (χ1n) is 13.2. The summed E-state index contributed by atoms with van der Waals surface area (Å²) in [6.07, 6.45) is 8.31. The third-order valence-electron chi connectivity index (χ3n) is 6.52. The quantitative estimate of drug-likeness (QED) is 0.351. The fourth-order valence-electron chi connectivity index (χ4n) is 3.64. The molecule has 3 rings (SSSR count). The van der Waals surface area contributed by atoms with Gasteiger partial charge in [-0.3, -0.25) is 13.8 Å². The van der Waals surface area contributed by atoms with E-state index in [2.05, 4.69) is 62.3 Å². The predicted molar refractivity (Wildman–Crippen MR) is 151 cm³/mol. The minimum Gasteiger partial charge on any atom is -0.387 e. The summed E-state index contributed by atoms with van der Waals surface area (Å²) in [5.41, 5.74) is 6.76. The number of nitrogens with zero attached hydrogens (tertiary/aromatic N) is 2. The van der Waals surface area contributed by atoms with Gasteiger partial charge in [0.15, 0.2) is 0 Å². The van der Waals surface area contributed by atoms with Gasteiger partial charge in [-0.2, -0.15) is 5.26 Å². The van der Waals surface area contributed by atoms with Gasteiger partial charge in [0.25, 0.3) is 0 Å². The molecule has 3 nitrogen and oxygen atoms in total. The molecule has 0 radical (unpaired) electrons. The lowest BCUT2D eigenvalue weighted by Gasteiger charge is -2.12. The number of hydrogen-bond donors (Lipinski definition) is 1. The lowest BCUT2D eigenvalue weighted by Crippen LogP contribution is -2.01. The lowest BCUT2D eigenvalue weighted by atomic mass is 9.92. The summed E-state index contributed by atoms with van der Waals surface area (Å²) in [7, 11) is 1.86. The van der Waals surface area contributed by atoms with E-state index in [4.69, 9.17) is 0 Å². The molecule has 1 aliphatic rings. The lowest BCUT2D eigenvalue weighted by molar-refractivity contribution is 0.283. The van der Waals surface area contributed by atoms with Crippen molar-refractivity contribution in [2.24, 2.45) is 11.8 Å². The smallest absolute Gasteiger partial charge is 0.100 e. The Hall–Kier alpha value is -2.74. The molecule has 1 aliphatic carbocycles. The van der Waals surface area contributed by atoms with Gasteiger partial charge in [0.05, 0.1) is 36.5 Å². The topological polar surface area (TPSA) is 48.7 Å². The molecule has 1 heterocycles. The molecule has 1 N–H and O–H groups in total. The van der Waals surface area contributed by atoms with Gasteiger partial charge in [-0.15, -0.1) is 0 Å². The number of nitriles is 1. The van der Waals surface area contributed by atoms with Crippen LogP contribution in [0.3, 0.4) is 0 Å². The number of anilines is 1. The number of hydrogen-bond acceptors (Lipinski definition) is 3. The molecule has 1 aromatic heterocycles. The molecule has 198 valence electrons. The monoisotopic (exact) mass is 497 g/mol. The number of rotatable bonds is 9. The van der Waals surface area contributed by atoms with Crippen LogP contribution in [-0.4, -0.2) is 25.4 Å². The summed E-state index contributed by atoms with van der Waals surface area (Å²) in [6, 6.07) is 12.6. The van der Waals surface area contributed by atoms with Crippen LogP contribution in [-0.2, 0) is 0 Å². The number of nitrogens with one attached hydrogen (secondary N) is 1. The third-order valence-corrected chi connectivity index (χ3v) is 6.52. The van der Waals surface area contributed by atoms with E-state index in [1.807, 2.05) is 26.1 Å². The maximum Gasteiger partial charge on any atom is 0.100 e. The van der Waals surface area contributed by atoms with Gasteiger partial charge in [0.2, 0.25) is 0 Å². The first-order chi connectivity index (χ1) is 17.3. The van der Waals surface area contributed by atoms with Crippen molar-refractivity contribution in [2.45, 2.75) is 79.6 Å². The Morgan fingerprint density at radius 1 is 1.14 bits per heavy atom. The van der Waals surface area contributed by atoms with E-state index in [1.165, 1.54) is 31.2 Å². The Morgan fingerprint density at radius 2 is 1.81 bits per heavy atom. The molecule has 0 aliphatic heterocycles. The van der Waals surface area contributed by atoms with Crippen LogP contribution in [0, 0.1) is 30.1 Å². The fraction of sp³-hybridized carbons (Fsp3) is 0.548. The standard InChI is InChI=1S/C20H23N3.C6H12.C5H10F2/c1-13(2)16-6-8-18(14(3)10-16)19(11-21)15(4)20-9-7-17(22-5)12-23-20;1-2-3-6-4-5-6;1-2-5(3-6)4-7/h6-10,12-13,22H,1-5H3;6H,2-5H2,1H3;5H,2-4H2,1H3/b19-15+;;. The van der Waals surface area contributed by atoms with Crippen LogP contribution < -0.4 is 5.32 Å². The highest BCUT2D eigenvalue weighted by molar-refractivity contribution is 5.96. The number of benzene rings is 1. The maximum absolute atomic E-state index is 11.4. The molecule has 1 saturated carbocycles. The Labute approximate surface area is 218 Å². The molecule has 0 bridgehead atoms. The van der Waals surface area contributed by atoms with E-state index in [0.29, 0.717) is 17.9 Å². The summed E-state index contributed by atoms with van der Waals surface area (Å²) in [5.74, 6) is 1.28. The third kappa shape index (κ3) is 10.5. The summed E-state index contributed by atoms with van der Waals surface area (Å²) in [5, 5.41) is 12.7. The highest BCUT2D eigenvalue weighted by Gasteiger charge is 2.18. The number of pyridine rings is 1. The first kappa shape index (κ1) is 31.3. The van der Waals surface area contributed by atoms with Gasteiger partial charge in [-0.25, -0.2) is 0 Å². The van der Waals surface area contributed by atoms with Crippen molar-refractivity contribution in [2.75, 3.05) is 25.7 Å². The summed E-state index contributed by atoms with van der Waals surface area (Å²) in [4.78, 5) is 4.45. The second kappa shape index (κ2) is 16.8. The summed E-state index contributed by atoms with van der Waals surface area (Å²) in [6.45, 7) is 11.4. The van der Waals surface area contributed by atoms with Crippen molar-refractivity contribution >= 4 is 16.8 Å². The first-order valence-corrected chi connectivity index (χ1v) is 13.2. The SMILES string of the molecule is CCC(CF)CF.CCCC1CC1.CNc1ccc(/C(C)=C(\C#N)c2ccc(C(C)C)cc2C)nc1. The molecule has 2 aromatic rings. The number of halogens is 2. The van der Waals surface area contributed by atoms with E-state index in [0.717, 1.165) is 34.0 Å². The van der Waals surface area contributed by atoms with Gasteiger partial charge in [-0.1, -0.05) is 71.6 Å². The van der Waals surface area contributed by atoms with E-state index in [9.17, 15) is 14.0 Å². The molecule has 1 fully saturated rings. The Kier molecular flexibility index (Phi) is 14.6. The molecule has 0 spiro atoms. The van der Waals surface area contributed by atoms with Crippen molar-refractivity contribution in [1.29, 1.82) is 5.26 Å². The zero-order valence-corrected chi connectivity index (χ0v) is 23.3. The van der Waals surface area contributed by atoms with Gasteiger partial charge < -0.3 is 5.32 Å². The van der Waals surface area contributed by atoms with Crippen molar-refractivity contribution in [3.05, 3.63) is 58.9 Å². The molecule has 0 saturated heterocycles. The normalized spacial score (nSPS) is 13.2. The second-order valence-corrected chi connectivity index (χ2v) is 9.84. The largest absolute Gasteiger partial charge is 0.387 e. The molecule has 0 atom stereocenters. The minimum absolute atomic E-state index is 0.347. The van der Waals surface area contributed by atoms with E-state index in [-0.39, 0.29) is 5.92 Å². The van der Waals surface area contributed by atoms with E-state index >= 15 is 0 Å². The van der Waals surface area contributed by atoms with Gasteiger partial charge in [-0.05, 0) is 66.5 Å². The predicted octanol–water partition coefficient (Wildman–Crippen LogP) is 9.16. The molecule has 1 aromatic carbocycles. The highest BCUT2D eigenvalue weighted by atomic mass is 19.1. The molecule has 0 unspecified atom stereocenters. The minimum atomic E-state index is -0.521. The van der Waals surface area contributed by atoms with E-state index in [1.54, 1.807) is 13.1 Å². The summed E-state index contributed by atoms with van der Waals surface area (Å²) >= 11 is 0. The average molecular weight is 498 g/mol. The number of aryl methyl sites for hydroxylation is 1. The Bertz CT molecular complexity index is 961. The van der Waals surface area contributed by atoms with Crippen LogP contribution in [0.15, 0.2) is 36.5 Å². The number of alkyl halides is 2. The highest BCUT2D eigenvalue weighted by Crippen LogP contribution is 2.33. The molecular formula is C31H45F2N3. The van der Waals surface area contributed by atoms with Crippen molar-refractivity contribution in [1.82, 2.24) is 4.98 Å². The van der Waals surface area contributed by atoms with Crippen LogP contribution in [0.1, 0.15) is 95.0 Å². The van der Waals surface area contributed by atoms with Gasteiger partial charge in [0.1, 0.15) is 6.07 Å². The van der Waals surface area contributed by atoms with Crippen molar-refractivity contribution in [3.63, 3.8) is 0 Å².